The van der Waals surface area contributed by atoms with E-state index in [4.69, 9.17) is 0 Å². The first-order valence-corrected chi connectivity index (χ1v) is 6.97. The largest absolute Gasteiger partial charge is 0.383 e. The number of hydrogen-bond donors (Lipinski definition) is 2. The zero-order valence-electron chi connectivity index (χ0n) is 12.8. The molecule has 0 saturated heterocycles. The molecule has 9 heteroatoms. The Labute approximate surface area is 141 Å². The molecule has 0 radical (unpaired) electrons. The van der Waals surface area contributed by atoms with Crippen LogP contribution < -0.4 is 5.32 Å². The van der Waals surface area contributed by atoms with Gasteiger partial charge in [0.1, 0.15) is 6.10 Å². The summed E-state index contributed by atoms with van der Waals surface area (Å²) in [6.07, 6.45) is -1.57. The lowest BCUT2D eigenvalue weighted by atomic mass is 10.0. The van der Waals surface area contributed by atoms with Gasteiger partial charge in [-0.15, -0.1) is 0 Å². The van der Waals surface area contributed by atoms with Gasteiger partial charge in [0.2, 0.25) is 0 Å². The number of carbonyl (C=O) groups is 1. The third-order valence-electron chi connectivity index (χ3n) is 3.39. The Balaban J connectivity index is 2.15. The number of carbonyl (C=O) groups excluding carboxylic acids is 1. The molecule has 9 nitrogen and oxygen atoms in total. The van der Waals surface area contributed by atoms with Crippen molar-refractivity contribution in [1.29, 1.82) is 0 Å². The van der Waals surface area contributed by atoms with Crippen LogP contribution in [-0.4, -0.2) is 20.9 Å². The molecule has 0 bridgehead atoms. The first-order chi connectivity index (χ1) is 11.8. The molecule has 1 atom stereocenters. The van der Waals surface area contributed by atoms with E-state index in [1.54, 1.807) is 0 Å². The van der Waals surface area contributed by atoms with E-state index >= 15 is 0 Å². The van der Waals surface area contributed by atoms with Crippen LogP contribution in [0.5, 0.6) is 0 Å². The molecule has 2 rings (SSSR count). The topological polar surface area (TPSA) is 136 Å². The maximum absolute atomic E-state index is 12.2. The highest BCUT2D eigenvalue weighted by atomic mass is 16.6. The number of hydrogen-bond acceptors (Lipinski definition) is 6. The number of aliphatic hydroxyl groups is 1. The Kier molecular flexibility index (Phi) is 5.20. The normalized spacial score (nSPS) is 11.4. The number of para-hydroxylation sites is 1. The molecule has 0 aliphatic heterocycles. The van der Waals surface area contributed by atoms with Crippen LogP contribution in [0.15, 0.2) is 60.7 Å². The fraction of sp³-hybridized carbons (Fsp3) is 0.0625. The number of nitrogens with one attached hydrogen (secondary N) is 1. The summed E-state index contributed by atoms with van der Waals surface area (Å²) < 4.78 is 0. The van der Waals surface area contributed by atoms with Crippen LogP contribution in [0.1, 0.15) is 11.7 Å². The van der Waals surface area contributed by atoms with E-state index < -0.39 is 21.9 Å². The van der Waals surface area contributed by atoms with Crippen molar-refractivity contribution in [1.82, 2.24) is 0 Å². The van der Waals surface area contributed by atoms with Crippen molar-refractivity contribution in [3.63, 3.8) is 0 Å². The molecule has 0 heterocycles. The highest BCUT2D eigenvalue weighted by Gasteiger charge is 2.25. The third-order valence-corrected chi connectivity index (χ3v) is 3.39. The van der Waals surface area contributed by atoms with Gasteiger partial charge in [-0.1, -0.05) is 18.7 Å². The molecule has 1 amide bonds. The van der Waals surface area contributed by atoms with Crippen molar-refractivity contribution in [3.8, 4) is 0 Å². The van der Waals surface area contributed by atoms with Crippen molar-refractivity contribution in [2.45, 2.75) is 6.10 Å². The van der Waals surface area contributed by atoms with E-state index in [0.717, 1.165) is 0 Å². The SMILES string of the molecule is C=C(C(=O)Nc1ccc([N+](=O)[O-])cc1)C(O)c1ccccc1[N+](=O)[O-]. The summed E-state index contributed by atoms with van der Waals surface area (Å²) in [5, 5.41) is 34.2. The highest BCUT2D eigenvalue weighted by Crippen LogP contribution is 2.29. The molecule has 128 valence electrons. The highest BCUT2D eigenvalue weighted by molar-refractivity contribution is 6.04. The molecule has 0 aromatic heterocycles. The van der Waals surface area contributed by atoms with Crippen molar-refractivity contribution in [3.05, 3.63) is 86.5 Å². The minimum Gasteiger partial charge on any atom is -0.383 e. The van der Waals surface area contributed by atoms with E-state index in [2.05, 4.69) is 11.9 Å². The lowest BCUT2D eigenvalue weighted by Gasteiger charge is -2.14. The zero-order chi connectivity index (χ0) is 18.6. The molecule has 0 aliphatic rings. The number of rotatable bonds is 6. The molecule has 2 aromatic carbocycles. The number of aliphatic hydroxyl groups excluding tert-OH is 1. The lowest BCUT2D eigenvalue weighted by molar-refractivity contribution is -0.386. The molecule has 1 unspecified atom stereocenters. The summed E-state index contributed by atoms with van der Waals surface area (Å²) >= 11 is 0. The van der Waals surface area contributed by atoms with Crippen molar-refractivity contribution in [2.24, 2.45) is 0 Å². The lowest BCUT2D eigenvalue weighted by Crippen LogP contribution is -2.19. The molecule has 25 heavy (non-hydrogen) atoms. The van der Waals surface area contributed by atoms with E-state index in [9.17, 15) is 30.1 Å². The van der Waals surface area contributed by atoms with Crippen LogP contribution in [0, 0.1) is 20.2 Å². The second-order valence-electron chi connectivity index (χ2n) is 5.00. The summed E-state index contributed by atoms with van der Waals surface area (Å²) in [6, 6.07) is 10.5. The van der Waals surface area contributed by atoms with Crippen LogP contribution in [-0.2, 0) is 4.79 Å². The quantitative estimate of drug-likeness (QED) is 0.470. The predicted octanol–water partition coefficient (Wildman–Crippen LogP) is 2.73. The number of nitrogens with zero attached hydrogens (tertiary/aromatic N) is 2. The summed E-state index contributed by atoms with van der Waals surface area (Å²) in [6.45, 7) is 3.48. The number of nitro benzene ring substituents is 2. The van der Waals surface area contributed by atoms with Gasteiger partial charge < -0.3 is 10.4 Å². The molecule has 0 saturated carbocycles. The Bertz CT molecular complexity index is 847. The predicted molar refractivity (Wildman–Crippen MR) is 88.9 cm³/mol. The summed E-state index contributed by atoms with van der Waals surface area (Å²) in [4.78, 5) is 32.5. The second kappa shape index (κ2) is 7.32. The summed E-state index contributed by atoms with van der Waals surface area (Å²) in [7, 11) is 0. The zero-order valence-corrected chi connectivity index (χ0v) is 12.8. The molecular weight excluding hydrogens is 330 g/mol. The second-order valence-corrected chi connectivity index (χ2v) is 5.00. The van der Waals surface area contributed by atoms with Crippen LogP contribution in [0.3, 0.4) is 0 Å². The maximum Gasteiger partial charge on any atom is 0.275 e. The third kappa shape index (κ3) is 4.03. The van der Waals surface area contributed by atoms with Gasteiger partial charge >= 0.3 is 0 Å². The van der Waals surface area contributed by atoms with Crippen molar-refractivity contribution in [2.75, 3.05) is 5.32 Å². The van der Waals surface area contributed by atoms with Gasteiger partial charge in [0.15, 0.2) is 0 Å². The smallest absolute Gasteiger partial charge is 0.275 e. The number of non-ortho nitro benzene ring substituents is 1. The number of amides is 1. The minimum absolute atomic E-state index is 0.0589. The van der Waals surface area contributed by atoms with Gasteiger partial charge in [0.25, 0.3) is 17.3 Å². The number of benzene rings is 2. The van der Waals surface area contributed by atoms with Crippen LogP contribution in [0.2, 0.25) is 0 Å². The summed E-state index contributed by atoms with van der Waals surface area (Å²) in [5.74, 6) is -0.764. The van der Waals surface area contributed by atoms with E-state index in [1.807, 2.05) is 0 Å². The first-order valence-electron chi connectivity index (χ1n) is 6.97. The fourth-order valence-electron chi connectivity index (χ4n) is 2.07. The van der Waals surface area contributed by atoms with Gasteiger partial charge in [-0.3, -0.25) is 25.0 Å². The van der Waals surface area contributed by atoms with E-state index in [0.29, 0.717) is 0 Å². The number of anilines is 1. The van der Waals surface area contributed by atoms with Gasteiger partial charge in [-0.2, -0.15) is 0 Å². The molecule has 0 aliphatic carbocycles. The Hall–Kier alpha value is -3.59. The van der Waals surface area contributed by atoms with Gasteiger partial charge in [0.05, 0.1) is 15.4 Å². The number of nitro groups is 2. The Morgan fingerprint density at radius 3 is 2.20 bits per heavy atom. The monoisotopic (exact) mass is 343 g/mol. The Morgan fingerprint density at radius 2 is 1.64 bits per heavy atom. The Morgan fingerprint density at radius 1 is 1.04 bits per heavy atom. The van der Waals surface area contributed by atoms with Gasteiger partial charge in [0, 0.05) is 29.5 Å². The first kappa shape index (κ1) is 17.8. The molecule has 0 fully saturated rings. The molecule has 2 aromatic rings. The molecule has 2 N–H and O–H groups in total. The minimum atomic E-state index is -1.57. The van der Waals surface area contributed by atoms with Gasteiger partial charge in [-0.05, 0) is 18.2 Å². The van der Waals surface area contributed by atoms with Crippen LogP contribution in [0.4, 0.5) is 17.1 Å². The standard InChI is InChI=1S/C16H13N3O6/c1-10(15(20)13-4-2-3-5-14(13)19(24)25)16(21)17-11-6-8-12(9-7-11)18(22)23/h2-9,15,20H,1H2,(H,17,21). The van der Waals surface area contributed by atoms with E-state index in [1.165, 1.54) is 48.5 Å². The van der Waals surface area contributed by atoms with E-state index in [-0.39, 0.29) is 28.2 Å². The van der Waals surface area contributed by atoms with Crippen LogP contribution in [0.25, 0.3) is 0 Å². The average molecular weight is 343 g/mol. The maximum atomic E-state index is 12.2. The summed E-state index contributed by atoms with van der Waals surface area (Å²) in [5.41, 5.74) is -0.577. The average Bonchev–Trinajstić information content (AvgIpc) is 2.60. The molecule has 0 spiro atoms. The van der Waals surface area contributed by atoms with Gasteiger partial charge in [-0.25, -0.2) is 0 Å². The van der Waals surface area contributed by atoms with Crippen molar-refractivity contribution >= 4 is 23.0 Å². The van der Waals surface area contributed by atoms with Crippen LogP contribution >= 0.6 is 0 Å². The van der Waals surface area contributed by atoms with Crippen molar-refractivity contribution < 1.29 is 19.7 Å². The molecular formula is C16H13N3O6. The fourth-order valence-corrected chi connectivity index (χ4v) is 2.07.